The highest BCUT2D eigenvalue weighted by atomic mass is 16.5. The van der Waals surface area contributed by atoms with Crippen molar-refractivity contribution in [1.29, 1.82) is 0 Å². The minimum absolute atomic E-state index is 0.0578. The van der Waals surface area contributed by atoms with Gasteiger partial charge in [0.05, 0.1) is 32.4 Å². The first-order valence-electron chi connectivity index (χ1n) is 13.3. The number of esters is 1. The third-order valence-corrected chi connectivity index (χ3v) is 6.77. The predicted molar refractivity (Wildman–Crippen MR) is 143 cm³/mol. The van der Waals surface area contributed by atoms with Crippen molar-refractivity contribution in [2.45, 2.75) is 39.7 Å². The third-order valence-electron chi connectivity index (χ3n) is 6.77. The number of amides is 4. The lowest BCUT2D eigenvalue weighted by Crippen LogP contribution is -2.51. The molecule has 4 amide bonds. The van der Waals surface area contributed by atoms with Crippen LogP contribution in [0.1, 0.15) is 45.2 Å². The van der Waals surface area contributed by atoms with E-state index in [1.165, 1.54) is 7.11 Å². The zero-order chi connectivity index (χ0) is 27.7. The number of methoxy groups -OCH3 is 2. The van der Waals surface area contributed by atoms with Crippen molar-refractivity contribution < 1.29 is 28.6 Å². The summed E-state index contributed by atoms with van der Waals surface area (Å²) in [6, 6.07) is 4.22. The Labute approximate surface area is 225 Å². The van der Waals surface area contributed by atoms with Gasteiger partial charge < -0.3 is 29.7 Å². The minimum atomic E-state index is -0.785. The zero-order valence-electron chi connectivity index (χ0n) is 23.2. The number of para-hydroxylation sites is 1. The first-order chi connectivity index (χ1) is 18.4. The van der Waals surface area contributed by atoms with Gasteiger partial charge in [0.15, 0.2) is 11.5 Å². The van der Waals surface area contributed by atoms with Crippen molar-refractivity contribution in [2.24, 2.45) is 0 Å². The number of hydrogen-bond acceptors (Lipinski definition) is 7. The van der Waals surface area contributed by atoms with Gasteiger partial charge in [0.25, 0.3) is 0 Å². The molecule has 0 spiro atoms. The number of rotatable bonds is 10. The Morgan fingerprint density at radius 3 is 2.53 bits per heavy atom. The van der Waals surface area contributed by atoms with Crippen LogP contribution in [0, 0.1) is 0 Å². The molecule has 2 N–H and O–H groups in total. The highest BCUT2D eigenvalue weighted by Crippen LogP contribution is 2.40. The monoisotopic (exact) mass is 531 g/mol. The molecule has 210 valence electrons. The molecule has 1 atom stereocenters. The van der Waals surface area contributed by atoms with Crippen LogP contribution in [0.25, 0.3) is 0 Å². The molecule has 2 aliphatic heterocycles. The fourth-order valence-corrected chi connectivity index (χ4v) is 4.92. The number of nitrogens with zero attached hydrogens (tertiary/aromatic N) is 3. The maximum absolute atomic E-state index is 13.5. The Morgan fingerprint density at radius 1 is 1.08 bits per heavy atom. The van der Waals surface area contributed by atoms with Crippen molar-refractivity contribution in [2.75, 3.05) is 66.6 Å². The van der Waals surface area contributed by atoms with E-state index in [0.717, 1.165) is 19.4 Å². The number of carbonyl (C=O) groups excluding carboxylic acids is 3. The quantitative estimate of drug-likeness (QED) is 0.447. The molecule has 0 unspecified atom stereocenters. The van der Waals surface area contributed by atoms with E-state index in [4.69, 9.17) is 14.2 Å². The lowest BCUT2D eigenvalue weighted by Gasteiger charge is -2.38. The molecule has 1 aromatic carbocycles. The molecule has 0 saturated carbocycles. The molecule has 38 heavy (non-hydrogen) atoms. The summed E-state index contributed by atoms with van der Waals surface area (Å²) >= 11 is 0. The minimum Gasteiger partial charge on any atom is -0.493 e. The number of urea groups is 2. The molecule has 11 heteroatoms. The van der Waals surface area contributed by atoms with E-state index >= 15 is 0 Å². The normalized spacial score (nSPS) is 18.6. The standard InChI is InChI=1S/C27H41N5O6/c1-6-13-28-26(34)31-15-10-14-30(16-17-31)18-20-22(25(33)38-8-3)23(29-27(35)32(20)7-2)19-11-9-12-21(36-4)24(19)37-5/h9,11-12,23H,6-8,10,13-18H2,1-5H3,(H,28,34)(H,29,35)/t23-/m0/s1. The molecule has 1 aromatic rings. The summed E-state index contributed by atoms with van der Waals surface area (Å²) in [5.74, 6) is 0.442. The van der Waals surface area contributed by atoms with Crippen LogP contribution in [0.2, 0.25) is 0 Å². The van der Waals surface area contributed by atoms with Crippen molar-refractivity contribution in [3.8, 4) is 11.5 Å². The van der Waals surface area contributed by atoms with E-state index in [-0.39, 0.29) is 18.7 Å². The molecule has 1 fully saturated rings. The molecular formula is C27H41N5O6. The summed E-state index contributed by atoms with van der Waals surface area (Å²) in [7, 11) is 3.07. The van der Waals surface area contributed by atoms with Gasteiger partial charge >= 0.3 is 18.0 Å². The molecule has 0 aliphatic carbocycles. The van der Waals surface area contributed by atoms with Gasteiger partial charge in [-0.1, -0.05) is 19.1 Å². The largest absolute Gasteiger partial charge is 0.493 e. The molecule has 2 aliphatic rings. The summed E-state index contributed by atoms with van der Waals surface area (Å²) in [6.07, 6.45) is 1.66. The van der Waals surface area contributed by atoms with Crippen LogP contribution in [0.5, 0.6) is 11.5 Å². The second kappa shape index (κ2) is 13.9. The van der Waals surface area contributed by atoms with Gasteiger partial charge in [-0.3, -0.25) is 9.80 Å². The maximum atomic E-state index is 13.5. The van der Waals surface area contributed by atoms with Gasteiger partial charge in [0.1, 0.15) is 0 Å². The van der Waals surface area contributed by atoms with E-state index in [2.05, 4.69) is 15.5 Å². The lowest BCUT2D eigenvalue weighted by atomic mass is 9.93. The molecule has 0 radical (unpaired) electrons. The van der Waals surface area contributed by atoms with Crippen LogP contribution in [0.15, 0.2) is 29.5 Å². The predicted octanol–water partition coefficient (Wildman–Crippen LogP) is 2.73. The average molecular weight is 532 g/mol. The summed E-state index contributed by atoms with van der Waals surface area (Å²) in [5, 5.41) is 5.93. The SMILES string of the molecule is CCCNC(=O)N1CCCN(CC2=C(C(=O)OCC)[C@H](c3cccc(OC)c3OC)NC(=O)N2CC)CC1. The molecule has 1 saturated heterocycles. The van der Waals surface area contributed by atoms with Crippen LogP contribution in [0.3, 0.4) is 0 Å². The number of ether oxygens (including phenoxy) is 3. The number of likely N-dealkylation sites (N-methyl/N-ethyl adjacent to an activating group) is 1. The Bertz CT molecular complexity index is 1030. The molecular weight excluding hydrogens is 490 g/mol. The highest BCUT2D eigenvalue weighted by molar-refractivity contribution is 5.95. The Kier molecular flexibility index (Phi) is 10.6. The summed E-state index contributed by atoms with van der Waals surface area (Å²) in [5.41, 5.74) is 1.56. The van der Waals surface area contributed by atoms with Gasteiger partial charge in [-0.25, -0.2) is 14.4 Å². The van der Waals surface area contributed by atoms with Crippen molar-refractivity contribution >= 4 is 18.0 Å². The van der Waals surface area contributed by atoms with E-state index in [9.17, 15) is 14.4 Å². The van der Waals surface area contributed by atoms with E-state index in [0.29, 0.717) is 67.6 Å². The Morgan fingerprint density at radius 2 is 1.87 bits per heavy atom. The fourth-order valence-electron chi connectivity index (χ4n) is 4.92. The second-order valence-corrected chi connectivity index (χ2v) is 9.14. The second-order valence-electron chi connectivity index (χ2n) is 9.14. The molecule has 0 bridgehead atoms. The molecule has 0 aromatic heterocycles. The summed E-state index contributed by atoms with van der Waals surface area (Å²) in [6.45, 7) is 9.78. The van der Waals surface area contributed by atoms with Crippen LogP contribution >= 0.6 is 0 Å². The van der Waals surface area contributed by atoms with Gasteiger partial charge in [0, 0.05) is 57.1 Å². The van der Waals surface area contributed by atoms with E-state index < -0.39 is 12.0 Å². The number of nitrogens with one attached hydrogen (secondary N) is 2. The Balaban J connectivity index is 2.00. The van der Waals surface area contributed by atoms with Crippen LogP contribution in [-0.4, -0.2) is 99.4 Å². The van der Waals surface area contributed by atoms with Gasteiger partial charge in [-0.05, 0) is 32.8 Å². The van der Waals surface area contributed by atoms with Crippen LogP contribution in [-0.2, 0) is 9.53 Å². The van der Waals surface area contributed by atoms with E-state index in [1.807, 2.05) is 24.8 Å². The van der Waals surface area contributed by atoms with Crippen LogP contribution in [0.4, 0.5) is 9.59 Å². The van der Waals surface area contributed by atoms with Gasteiger partial charge in [-0.15, -0.1) is 0 Å². The third kappa shape index (κ3) is 6.50. The van der Waals surface area contributed by atoms with Crippen LogP contribution < -0.4 is 20.1 Å². The first-order valence-corrected chi connectivity index (χ1v) is 13.3. The maximum Gasteiger partial charge on any atom is 0.338 e. The van der Waals surface area contributed by atoms with Crippen molar-refractivity contribution in [3.63, 3.8) is 0 Å². The smallest absolute Gasteiger partial charge is 0.338 e. The fraction of sp³-hybridized carbons (Fsp3) is 0.593. The number of hydrogen-bond donors (Lipinski definition) is 2. The average Bonchev–Trinajstić information content (AvgIpc) is 3.16. The summed E-state index contributed by atoms with van der Waals surface area (Å²) < 4.78 is 16.6. The zero-order valence-corrected chi connectivity index (χ0v) is 23.2. The Hall–Kier alpha value is -3.47. The van der Waals surface area contributed by atoms with Gasteiger partial charge in [-0.2, -0.15) is 0 Å². The highest BCUT2D eigenvalue weighted by Gasteiger charge is 2.40. The van der Waals surface area contributed by atoms with Gasteiger partial charge in [0.2, 0.25) is 0 Å². The van der Waals surface area contributed by atoms with Crippen molar-refractivity contribution in [1.82, 2.24) is 25.3 Å². The first kappa shape index (κ1) is 29.1. The van der Waals surface area contributed by atoms with Crippen molar-refractivity contribution in [3.05, 3.63) is 35.0 Å². The molecule has 3 rings (SSSR count). The topological polar surface area (TPSA) is 113 Å². The summed E-state index contributed by atoms with van der Waals surface area (Å²) in [4.78, 5) is 44.9. The number of carbonyl (C=O) groups is 3. The molecule has 2 heterocycles. The van der Waals surface area contributed by atoms with E-state index in [1.54, 1.807) is 31.1 Å². The lowest BCUT2D eigenvalue weighted by molar-refractivity contribution is -0.139. The molecule has 11 nitrogen and oxygen atoms in total. The number of benzene rings is 1.